The molecule has 2 rings (SSSR count). The maximum absolute atomic E-state index is 11.2. The molecule has 1 aliphatic rings. The summed E-state index contributed by atoms with van der Waals surface area (Å²) in [4.78, 5) is 28.5. The lowest BCUT2D eigenvalue weighted by molar-refractivity contribution is -0.554. The fourth-order valence-corrected chi connectivity index (χ4v) is 1.10. The third-order valence-corrected chi connectivity index (χ3v) is 1.88. The van der Waals surface area contributed by atoms with E-state index in [4.69, 9.17) is 0 Å². The second-order valence-electron chi connectivity index (χ2n) is 2.24. The maximum atomic E-state index is 11.2. The van der Waals surface area contributed by atoms with Gasteiger partial charge < -0.3 is 17.8 Å². The number of H-pyrrole nitrogens is 1. The number of hydrogen-bond acceptors (Lipinski definition) is 4. The number of hydrogen-bond donors (Lipinski definition) is 3. The van der Waals surface area contributed by atoms with Crippen LogP contribution >= 0.6 is 0 Å². The molecule has 2 heterocycles. The van der Waals surface area contributed by atoms with E-state index in [1.165, 1.54) is 6.33 Å². The molecule has 0 radical (unpaired) electrons. The normalized spacial score (nSPS) is 21.9. The number of imidazole rings is 1. The van der Waals surface area contributed by atoms with Crippen molar-refractivity contribution >= 4 is 30.6 Å². The monoisotopic (exact) mass is 184 g/mol. The highest BCUT2D eigenvalue weighted by Gasteiger charge is 2.31. The van der Waals surface area contributed by atoms with Gasteiger partial charge in [-0.15, -0.1) is 0 Å². The fourth-order valence-electron chi connectivity index (χ4n) is 0.943. The molecule has 1 aromatic heterocycles. The number of rotatable bonds is 0. The molecule has 0 spiro atoms. The van der Waals surface area contributed by atoms with E-state index in [1.807, 2.05) is 0 Å². The number of carbonyl (C=O) groups excluding carboxylic acids is 2. The van der Waals surface area contributed by atoms with Crippen LogP contribution in [0.2, 0.25) is 0 Å². The van der Waals surface area contributed by atoms with E-state index >= 15 is 0 Å². The van der Waals surface area contributed by atoms with Gasteiger partial charge in [-0.2, -0.15) is 0 Å². The summed E-state index contributed by atoms with van der Waals surface area (Å²) in [6, 6.07) is -0.561. The van der Waals surface area contributed by atoms with Gasteiger partial charge in [0.05, 0.1) is 6.33 Å². The Kier molecular flexibility index (Phi) is 1.42. The molecule has 1 unspecified atom stereocenters. The van der Waals surface area contributed by atoms with Gasteiger partial charge in [0.15, 0.2) is 11.5 Å². The molecule has 7 heteroatoms. The summed E-state index contributed by atoms with van der Waals surface area (Å²) < 4.78 is -0.230. The Morgan fingerprint density at radius 1 is 1.50 bits per heavy atom. The molecule has 3 N–H and O–H groups in total. The lowest BCUT2D eigenvalue weighted by atomic mass is 10.3. The van der Waals surface area contributed by atoms with Crippen molar-refractivity contribution in [1.29, 1.82) is 0 Å². The largest absolute Gasteiger partial charge is 0.475 e. The van der Waals surface area contributed by atoms with Crippen molar-refractivity contribution in [2.24, 2.45) is 0 Å². The minimum absolute atomic E-state index is 0.230. The number of amides is 3. The topological polar surface area (TPSA) is 79.3 Å². The lowest BCUT2D eigenvalue weighted by Gasteiger charge is -2.21. The zero-order valence-corrected chi connectivity index (χ0v) is 6.57. The number of aromatic nitrogens is 2. The highest BCUT2D eigenvalue weighted by atomic mass is 32.1. The van der Waals surface area contributed by atoms with Crippen molar-refractivity contribution in [2.45, 2.75) is 0 Å². The van der Waals surface area contributed by atoms with Gasteiger partial charge in [-0.05, 0) is 0 Å². The summed E-state index contributed by atoms with van der Waals surface area (Å²) in [6.07, 6.45) is 1.33. The van der Waals surface area contributed by atoms with Crippen molar-refractivity contribution in [3.8, 4) is 0 Å². The molecule has 1 aliphatic heterocycles. The SMILES string of the molecule is O=C1Nc2nc[nH]c2C(=O)[NH+]1[S-]. The molecule has 0 fully saturated rings. The standard InChI is InChI=1S/C5H4N4O2S/c10-4-2-3(7-1-6-2)8-5(11)9(4)12/h1,9H,(H,6,7)(H,8,11). The van der Waals surface area contributed by atoms with Gasteiger partial charge >= 0.3 is 11.9 Å². The van der Waals surface area contributed by atoms with Crippen LogP contribution in [0, 0.1) is 0 Å². The van der Waals surface area contributed by atoms with E-state index in [0.29, 0.717) is 0 Å². The van der Waals surface area contributed by atoms with E-state index in [2.05, 4.69) is 28.1 Å². The zero-order valence-electron chi connectivity index (χ0n) is 5.75. The summed E-state index contributed by atoms with van der Waals surface area (Å²) in [7, 11) is 0. The number of anilines is 1. The first-order valence-corrected chi connectivity index (χ1v) is 3.54. The summed E-state index contributed by atoms with van der Waals surface area (Å²) >= 11 is 4.58. The van der Waals surface area contributed by atoms with Gasteiger partial charge in [0.2, 0.25) is 0 Å². The molecule has 0 bridgehead atoms. The molecule has 1 atom stereocenters. The van der Waals surface area contributed by atoms with Crippen LogP contribution in [0.15, 0.2) is 6.33 Å². The minimum atomic E-state index is -0.561. The molecule has 3 amide bonds. The van der Waals surface area contributed by atoms with Crippen molar-refractivity contribution in [2.75, 3.05) is 5.32 Å². The van der Waals surface area contributed by atoms with Crippen LogP contribution in [0.1, 0.15) is 10.5 Å². The van der Waals surface area contributed by atoms with Crippen molar-refractivity contribution in [3.05, 3.63) is 12.0 Å². The average molecular weight is 184 g/mol. The first-order valence-electron chi connectivity index (χ1n) is 3.13. The average Bonchev–Trinajstić information content (AvgIpc) is 2.48. The number of aromatic amines is 1. The summed E-state index contributed by atoms with van der Waals surface area (Å²) in [5.41, 5.74) is 0.250. The molecular weight excluding hydrogens is 180 g/mol. The minimum Gasteiger partial charge on any atom is -0.475 e. The maximum Gasteiger partial charge on any atom is 0.410 e. The van der Waals surface area contributed by atoms with Crippen LogP contribution in [-0.2, 0) is 12.8 Å². The predicted molar refractivity (Wildman–Crippen MR) is 40.3 cm³/mol. The van der Waals surface area contributed by atoms with Crippen molar-refractivity contribution < 1.29 is 13.9 Å². The van der Waals surface area contributed by atoms with Gasteiger partial charge in [0.25, 0.3) is 0 Å². The van der Waals surface area contributed by atoms with Gasteiger partial charge in [0.1, 0.15) is 0 Å². The third-order valence-electron chi connectivity index (χ3n) is 1.51. The molecule has 0 aliphatic carbocycles. The fraction of sp³-hybridized carbons (Fsp3) is 0. The van der Waals surface area contributed by atoms with Crippen LogP contribution in [0.5, 0.6) is 0 Å². The molecule has 62 valence electrons. The summed E-state index contributed by atoms with van der Waals surface area (Å²) in [6.45, 7) is 0. The summed E-state index contributed by atoms with van der Waals surface area (Å²) in [5.74, 6) is -0.222. The highest BCUT2D eigenvalue weighted by Crippen LogP contribution is 2.09. The van der Waals surface area contributed by atoms with Crippen LogP contribution in [0.25, 0.3) is 0 Å². The molecule has 0 aromatic carbocycles. The van der Waals surface area contributed by atoms with Crippen LogP contribution in [0.3, 0.4) is 0 Å². The molecule has 12 heavy (non-hydrogen) atoms. The number of carbonyl (C=O) groups is 2. The van der Waals surface area contributed by atoms with Crippen molar-refractivity contribution in [3.63, 3.8) is 0 Å². The molecule has 0 saturated heterocycles. The zero-order chi connectivity index (χ0) is 8.72. The van der Waals surface area contributed by atoms with E-state index in [1.54, 1.807) is 0 Å². The lowest BCUT2D eigenvalue weighted by Crippen LogP contribution is -3.14. The van der Waals surface area contributed by atoms with E-state index in [9.17, 15) is 9.59 Å². The summed E-state index contributed by atoms with van der Waals surface area (Å²) in [5, 5.41) is 2.38. The molecule has 1 aromatic rings. The molecule has 0 saturated carbocycles. The van der Waals surface area contributed by atoms with Gasteiger partial charge in [-0.3, -0.25) is 9.62 Å². The van der Waals surface area contributed by atoms with E-state index in [-0.39, 0.29) is 15.8 Å². The Balaban J connectivity index is 2.53. The Labute approximate surface area is 72.5 Å². The van der Waals surface area contributed by atoms with E-state index < -0.39 is 11.9 Å². The highest BCUT2D eigenvalue weighted by molar-refractivity contribution is 7.52. The van der Waals surface area contributed by atoms with Crippen LogP contribution in [-0.4, -0.2) is 21.9 Å². The Bertz CT molecular complexity index is 360. The molecular formula is C5H4N4O2S. The Hall–Kier alpha value is -1.34. The van der Waals surface area contributed by atoms with Crippen LogP contribution in [0.4, 0.5) is 10.6 Å². The number of nitrogens with zero attached hydrogens (tertiary/aromatic N) is 1. The quantitative estimate of drug-likeness (QED) is 0.426. The van der Waals surface area contributed by atoms with Gasteiger partial charge in [0, 0.05) is 0 Å². The number of fused-ring (bicyclic) bond motifs is 1. The van der Waals surface area contributed by atoms with E-state index in [0.717, 1.165) is 0 Å². The molecule has 6 nitrogen and oxygen atoms in total. The van der Waals surface area contributed by atoms with Gasteiger partial charge in [-0.1, -0.05) is 0 Å². The Morgan fingerprint density at radius 2 is 2.25 bits per heavy atom. The first-order chi connectivity index (χ1) is 5.70. The smallest absolute Gasteiger partial charge is 0.410 e. The number of urea groups is 1. The second-order valence-corrected chi connectivity index (χ2v) is 2.65. The third kappa shape index (κ3) is 0.836. The Morgan fingerprint density at radius 3 is 3.00 bits per heavy atom. The number of imide groups is 1. The van der Waals surface area contributed by atoms with Crippen LogP contribution < -0.4 is 9.62 Å². The first kappa shape index (κ1) is 7.32. The van der Waals surface area contributed by atoms with Crippen molar-refractivity contribution in [1.82, 2.24) is 9.97 Å². The second kappa shape index (κ2) is 2.32. The number of quaternary nitrogens is 1. The van der Waals surface area contributed by atoms with Gasteiger partial charge in [-0.25, -0.2) is 14.6 Å². The number of nitrogens with one attached hydrogen (secondary N) is 3. The predicted octanol–water partition coefficient (Wildman–Crippen LogP) is -1.56.